The van der Waals surface area contributed by atoms with Crippen LogP contribution in [-0.2, 0) is 0 Å². The first-order valence-corrected chi connectivity index (χ1v) is 12.7. The molecule has 0 spiro atoms. The molecule has 1 heteroatoms. The van der Waals surface area contributed by atoms with Crippen LogP contribution in [0.15, 0.2) is 18.2 Å². The molecule has 0 saturated carbocycles. The maximum absolute atomic E-state index is 2.48. The molecule has 0 nitrogen and oxygen atoms in total. The molecule has 0 aliphatic heterocycles. The summed E-state index contributed by atoms with van der Waals surface area (Å²) in [4.78, 5) is 0. The Morgan fingerprint density at radius 2 is 0.960 bits per heavy atom. The number of hydrogen-bond acceptors (Lipinski definition) is 0. The molecule has 0 atom stereocenters. The third-order valence-electron chi connectivity index (χ3n) is 5.13. The van der Waals surface area contributed by atoms with Crippen molar-refractivity contribution in [1.82, 2.24) is 0 Å². The maximum atomic E-state index is 2.48. The van der Waals surface area contributed by atoms with Crippen LogP contribution in [-0.4, -0.2) is 12.3 Å². The lowest BCUT2D eigenvalue weighted by atomic mass is 10.1. The van der Waals surface area contributed by atoms with E-state index in [-0.39, 0.29) is 7.92 Å². The minimum Gasteiger partial charge on any atom is -0.0753 e. The fourth-order valence-electron chi connectivity index (χ4n) is 3.67. The Morgan fingerprint density at radius 3 is 1.40 bits per heavy atom. The standard InChI is InChI=1S/C24H43P/c1-5-7-9-11-13-15-17-25(18-16-14-12-10-8-6-2)24-20-22(3)19-23(4)21-24/h19-21H,5-18H2,1-4H3. The second-order valence-corrected chi connectivity index (χ2v) is 10.4. The first kappa shape index (κ1) is 22.7. The average Bonchev–Trinajstić information content (AvgIpc) is 2.58. The molecule has 1 aromatic rings. The van der Waals surface area contributed by atoms with Crippen molar-refractivity contribution in [2.75, 3.05) is 12.3 Å². The summed E-state index contributed by atoms with van der Waals surface area (Å²) in [5.41, 5.74) is 2.90. The number of aryl methyl sites for hydroxylation is 2. The molecule has 1 aromatic carbocycles. The van der Waals surface area contributed by atoms with Gasteiger partial charge in [0, 0.05) is 0 Å². The van der Waals surface area contributed by atoms with Gasteiger partial charge in [-0.15, -0.1) is 0 Å². The van der Waals surface area contributed by atoms with Crippen molar-refractivity contribution in [3.05, 3.63) is 29.3 Å². The van der Waals surface area contributed by atoms with Crippen LogP contribution in [0.2, 0.25) is 0 Å². The SMILES string of the molecule is CCCCCCCCP(CCCCCCCC)c1cc(C)cc(C)c1. The second-order valence-electron chi connectivity index (χ2n) is 7.87. The van der Waals surface area contributed by atoms with Crippen LogP contribution in [0.25, 0.3) is 0 Å². The van der Waals surface area contributed by atoms with Crippen LogP contribution < -0.4 is 5.30 Å². The molecule has 0 bridgehead atoms. The molecule has 0 fully saturated rings. The highest BCUT2D eigenvalue weighted by molar-refractivity contribution is 7.65. The van der Waals surface area contributed by atoms with Crippen LogP contribution >= 0.6 is 7.92 Å². The van der Waals surface area contributed by atoms with Gasteiger partial charge in [-0.25, -0.2) is 0 Å². The fourth-order valence-corrected chi connectivity index (χ4v) is 6.39. The smallest absolute Gasteiger partial charge is 0.0235 e. The van der Waals surface area contributed by atoms with Gasteiger partial charge in [-0.1, -0.05) is 115 Å². The van der Waals surface area contributed by atoms with Crippen molar-refractivity contribution in [3.8, 4) is 0 Å². The predicted molar refractivity (Wildman–Crippen MR) is 119 cm³/mol. The van der Waals surface area contributed by atoms with E-state index >= 15 is 0 Å². The summed E-state index contributed by atoms with van der Waals surface area (Å²) in [6, 6.07) is 7.28. The van der Waals surface area contributed by atoms with Crippen LogP contribution in [0.5, 0.6) is 0 Å². The van der Waals surface area contributed by atoms with Gasteiger partial charge in [-0.05, 0) is 44.3 Å². The molecule has 0 saturated heterocycles. The van der Waals surface area contributed by atoms with E-state index in [2.05, 4.69) is 45.9 Å². The molecule has 0 unspecified atom stereocenters. The van der Waals surface area contributed by atoms with Crippen molar-refractivity contribution in [3.63, 3.8) is 0 Å². The topological polar surface area (TPSA) is 0 Å². The highest BCUT2D eigenvalue weighted by Crippen LogP contribution is 2.38. The minimum absolute atomic E-state index is 0.0628. The zero-order valence-corrected chi connectivity index (χ0v) is 18.5. The van der Waals surface area contributed by atoms with Crippen LogP contribution in [0.3, 0.4) is 0 Å². The minimum atomic E-state index is 0.0628. The third kappa shape index (κ3) is 11.1. The summed E-state index contributed by atoms with van der Waals surface area (Å²) in [7, 11) is 0.0628. The summed E-state index contributed by atoms with van der Waals surface area (Å²) >= 11 is 0. The number of unbranched alkanes of at least 4 members (excludes halogenated alkanes) is 10. The van der Waals surface area contributed by atoms with E-state index in [1.807, 2.05) is 0 Å². The number of rotatable bonds is 15. The fraction of sp³-hybridized carbons (Fsp3) is 0.750. The first-order chi connectivity index (χ1) is 12.2. The van der Waals surface area contributed by atoms with Gasteiger partial charge in [0.2, 0.25) is 0 Å². The van der Waals surface area contributed by atoms with Gasteiger partial charge in [0.15, 0.2) is 0 Å². The molecule has 0 aromatic heterocycles. The molecule has 0 N–H and O–H groups in total. The second kappa shape index (κ2) is 14.8. The zero-order valence-electron chi connectivity index (χ0n) is 17.6. The Morgan fingerprint density at radius 1 is 0.560 bits per heavy atom. The molecule has 144 valence electrons. The monoisotopic (exact) mass is 362 g/mol. The van der Waals surface area contributed by atoms with Crippen LogP contribution in [0.1, 0.15) is 102 Å². The van der Waals surface area contributed by atoms with Gasteiger partial charge in [0.05, 0.1) is 0 Å². The van der Waals surface area contributed by atoms with Gasteiger partial charge in [-0.3, -0.25) is 0 Å². The Bertz CT molecular complexity index is 401. The van der Waals surface area contributed by atoms with Gasteiger partial charge in [-0.2, -0.15) is 0 Å². The summed E-state index contributed by atoms with van der Waals surface area (Å²) < 4.78 is 0. The van der Waals surface area contributed by atoms with Crippen molar-refractivity contribution in [2.45, 2.75) is 105 Å². The molecule has 1 rings (SSSR count). The highest BCUT2D eigenvalue weighted by Gasteiger charge is 2.11. The Kier molecular flexibility index (Phi) is 13.4. The molecular formula is C24H43P. The Balaban J connectivity index is 2.46. The van der Waals surface area contributed by atoms with Gasteiger partial charge in [0.1, 0.15) is 0 Å². The van der Waals surface area contributed by atoms with Gasteiger partial charge >= 0.3 is 0 Å². The predicted octanol–water partition coefficient (Wildman–Crippen LogP) is 8.13. The van der Waals surface area contributed by atoms with Crippen LogP contribution in [0, 0.1) is 13.8 Å². The van der Waals surface area contributed by atoms with Gasteiger partial charge in [0.25, 0.3) is 0 Å². The van der Waals surface area contributed by atoms with E-state index in [0.717, 1.165) is 0 Å². The Labute approximate surface area is 160 Å². The molecular weight excluding hydrogens is 319 g/mol. The van der Waals surface area contributed by atoms with E-state index in [9.17, 15) is 0 Å². The normalized spacial score (nSPS) is 11.4. The molecule has 0 aliphatic carbocycles. The van der Waals surface area contributed by atoms with E-state index < -0.39 is 0 Å². The lowest BCUT2D eigenvalue weighted by Crippen LogP contribution is -2.08. The molecule has 0 aliphatic rings. The highest BCUT2D eigenvalue weighted by atomic mass is 31.1. The van der Waals surface area contributed by atoms with E-state index in [1.54, 1.807) is 5.30 Å². The van der Waals surface area contributed by atoms with Crippen molar-refractivity contribution in [2.24, 2.45) is 0 Å². The third-order valence-corrected chi connectivity index (χ3v) is 7.84. The van der Waals surface area contributed by atoms with Gasteiger partial charge < -0.3 is 0 Å². The molecule has 0 heterocycles. The summed E-state index contributed by atoms with van der Waals surface area (Å²) in [5.74, 6) is 0. The summed E-state index contributed by atoms with van der Waals surface area (Å²) in [6.07, 6.45) is 20.0. The van der Waals surface area contributed by atoms with Crippen molar-refractivity contribution >= 4 is 13.2 Å². The quantitative estimate of drug-likeness (QED) is 0.218. The number of benzene rings is 1. The van der Waals surface area contributed by atoms with E-state index in [4.69, 9.17) is 0 Å². The Hall–Kier alpha value is -0.350. The van der Waals surface area contributed by atoms with Crippen molar-refractivity contribution in [1.29, 1.82) is 0 Å². The van der Waals surface area contributed by atoms with Crippen LogP contribution in [0.4, 0.5) is 0 Å². The first-order valence-electron chi connectivity index (χ1n) is 11.0. The average molecular weight is 363 g/mol. The lowest BCUT2D eigenvalue weighted by molar-refractivity contribution is 0.622. The molecule has 0 amide bonds. The van der Waals surface area contributed by atoms with E-state index in [1.165, 1.54) is 101 Å². The molecule has 25 heavy (non-hydrogen) atoms. The molecule has 0 radical (unpaired) electrons. The van der Waals surface area contributed by atoms with E-state index in [0.29, 0.717) is 0 Å². The lowest BCUT2D eigenvalue weighted by Gasteiger charge is -2.19. The number of hydrogen-bond donors (Lipinski definition) is 0. The zero-order chi connectivity index (χ0) is 18.3. The van der Waals surface area contributed by atoms with Crippen molar-refractivity contribution < 1.29 is 0 Å². The summed E-state index contributed by atoms with van der Waals surface area (Å²) in [5, 5.41) is 1.68. The maximum Gasteiger partial charge on any atom is -0.0235 e. The summed E-state index contributed by atoms with van der Waals surface area (Å²) in [6.45, 7) is 9.14. The largest absolute Gasteiger partial charge is 0.0753 e.